The summed E-state index contributed by atoms with van der Waals surface area (Å²) < 4.78 is 0. The van der Waals surface area contributed by atoms with Gasteiger partial charge in [-0.25, -0.2) is 0 Å². The molecule has 2 heteroatoms. The molecule has 1 unspecified atom stereocenters. The number of nitrogens with two attached hydrogens (primary N) is 2. The molecule has 1 atom stereocenters. The van der Waals surface area contributed by atoms with Crippen LogP contribution in [0, 0.1) is 11.8 Å². The first-order chi connectivity index (χ1) is 5.24. The average Bonchev–Trinajstić information content (AvgIpc) is 2.05. The number of hydrogen-bond acceptors (Lipinski definition) is 2. The number of hydrogen-bond donors (Lipinski definition) is 2. The van der Waals surface area contributed by atoms with E-state index in [1.807, 2.05) is 0 Å². The van der Waals surface area contributed by atoms with Crippen molar-refractivity contribution in [1.82, 2.24) is 0 Å². The summed E-state index contributed by atoms with van der Waals surface area (Å²) in [5.41, 5.74) is 11.4. The molecule has 0 amide bonds. The predicted molar refractivity (Wildman–Crippen MR) is 48.2 cm³/mol. The van der Waals surface area contributed by atoms with Crippen LogP contribution < -0.4 is 11.5 Å². The molecule has 0 aromatic rings. The first kappa shape index (κ1) is 9.01. The largest absolute Gasteiger partial charge is 0.330 e. The molecule has 2 nitrogen and oxygen atoms in total. The fourth-order valence-electron chi connectivity index (χ4n) is 1.95. The van der Waals surface area contributed by atoms with Crippen LogP contribution in [0.2, 0.25) is 0 Å². The third-order valence-corrected chi connectivity index (χ3v) is 2.97. The molecule has 0 aliphatic heterocycles. The van der Waals surface area contributed by atoms with Crippen LogP contribution in [-0.2, 0) is 0 Å². The van der Waals surface area contributed by atoms with Crippen molar-refractivity contribution in [2.24, 2.45) is 23.3 Å². The second-order valence-electron chi connectivity index (χ2n) is 3.88. The van der Waals surface area contributed by atoms with Gasteiger partial charge in [0.15, 0.2) is 0 Å². The second kappa shape index (κ2) is 4.07. The summed E-state index contributed by atoms with van der Waals surface area (Å²) in [5.74, 6) is 1.54. The lowest BCUT2D eigenvalue weighted by Gasteiger charge is -2.29. The standard InChI is InChI=1S/C9H20N2/c1-7(11)9-4-2-8(6-10)3-5-9/h7-9H,2-6,10-11H2,1H3. The Hall–Kier alpha value is -0.0800. The van der Waals surface area contributed by atoms with Gasteiger partial charge in [0.1, 0.15) is 0 Å². The highest BCUT2D eigenvalue weighted by Crippen LogP contribution is 2.29. The van der Waals surface area contributed by atoms with Gasteiger partial charge in [-0.15, -0.1) is 0 Å². The Labute approximate surface area is 69.3 Å². The van der Waals surface area contributed by atoms with E-state index in [1.54, 1.807) is 0 Å². The van der Waals surface area contributed by atoms with Gasteiger partial charge in [-0.3, -0.25) is 0 Å². The van der Waals surface area contributed by atoms with Crippen molar-refractivity contribution in [1.29, 1.82) is 0 Å². The lowest BCUT2D eigenvalue weighted by Crippen LogP contribution is -2.31. The molecule has 1 rings (SSSR count). The summed E-state index contributed by atoms with van der Waals surface area (Å²) in [6, 6.07) is 0.383. The SMILES string of the molecule is CC(N)C1CCC(CN)CC1. The fraction of sp³-hybridized carbons (Fsp3) is 1.00. The minimum Gasteiger partial charge on any atom is -0.330 e. The summed E-state index contributed by atoms with van der Waals surface area (Å²) in [6.45, 7) is 2.99. The molecule has 11 heavy (non-hydrogen) atoms. The van der Waals surface area contributed by atoms with E-state index in [1.165, 1.54) is 25.7 Å². The lowest BCUT2D eigenvalue weighted by atomic mass is 9.79. The summed E-state index contributed by atoms with van der Waals surface area (Å²) in [5, 5.41) is 0. The van der Waals surface area contributed by atoms with Gasteiger partial charge in [-0.05, 0) is 51.0 Å². The van der Waals surface area contributed by atoms with E-state index in [0.29, 0.717) is 6.04 Å². The molecule has 0 aromatic heterocycles. The van der Waals surface area contributed by atoms with Crippen LogP contribution in [0.5, 0.6) is 0 Å². The molecule has 0 saturated heterocycles. The maximum Gasteiger partial charge on any atom is 0.00387 e. The summed E-state index contributed by atoms with van der Waals surface area (Å²) >= 11 is 0. The van der Waals surface area contributed by atoms with Crippen molar-refractivity contribution >= 4 is 0 Å². The Bertz CT molecular complexity index is 104. The normalized spacial score (nSPS) is 35.2. The minimum atomic E-state index is 0.383. The van der Waals surface area contributed by atoms with Crippen LogP contribution in [0.15, 0.2) is 0 Å². The van der Waals surface area contributed by atoms with E-state index in [0.717, 1.165) is 18.4 Å². The molecule has 1 aliphatic carbocycles. The molecule has 0 heterocycles. The number of rotatable bonds is 2. The quantitative estimate of drug-likeness (QED) is 0.629. The Kier molecular flexibility index (Phi) is 3.34. The maximum atomic E-state index is 5.82. The highest BCUT2D eigenvalue weighted by Gasteiger charge is 2.22. The monoisotopic (exact) mass is 156 g/mol. The summed E-state index contributed by atoms with van der Waals surface area (Å²) in [6.07, 6.45) is 5.17. The Balaban J connectivity index is 2.24. The van der Waals surface area contributed by atoms with Gasteiger partial charge < -0.3 is 11.5 Å². The van der Waals surface area contributed by atoms with Crippen LogP contribution in [0.3, 0.4) is 0 Å². The van der Waals surface area contributed by atoms with Gasteiger partial charge in [0, 0.05) is 6.04 Å². The van der Waals surface area contributed by atoms with Crippen LogP contribution in [0.25, 0.3) is 0 Å². The van der Waals surface area contributed by atoms with E-state index in [2.05, 4.69) is 6.92 Å². The molecule has 1 aliphatic rings. The van der Waals surface area contributed by atoms with Gasteiger partial charge in [-0.1, -0.05) is 0 Å². The highest BCUT2D eigenvalue weighted by molar-refractivity contribution is 4.77. The van der Waals surface area contributed by atoms with Gasteiger partial charge >= 0.3 is 0 Å². The topological polar surface area (TPSA) is 52.0 Å². The molecular formula is C9H20N2. The lowest BCUT2D eigenvalue weighted by molar-refractivity contribution is 0.254. The van der Waals surface area contributed by atoms with E-state index in [-0.39, 0.29) is 0 Å². The Morgan fingerprint density at radius 3 is 2.18 bits per heavy atom. The first-order valence-corrected chi connectivity index (χ1v) is 4.69. The van der Waals surface area contributed by atoms with E-state index in [4.69, 9.17) is 11.5 Å². The average molecular weight is 156 g/mol. The molecular weight excluding hydrogens is 136 g/mol. The fourth-order valence-corrected chi connectivity index (χ4v) is 1.95. The van der Waals surface area contributed by atoms with E-state index in [9.17, 15) is 0 Å². The zero-order valence-electron chi connectivity index (χ0n) is 7.42. The predicted octanol–water partition coefficient (Wildman–Crippen LogP) is 1.10. The minimum absolute atomic E-state index is 0.383. The van der Waals surface area contributed by atoms with Crippen LogP contribution >= 0.6 is 0 Å². The van der Waals surface area contributed by atoms with Crippen molar-refractivity contribution in [2.45, 2.75) is 38.6 Å². The van der Waals surface area contributed by atoms with Crippen molar-refractivity contribution in [3.05, 3.63) is 0 Å². The van der Waals surface area contributed by atoms with Crippen molar-refractivity contribution in [2.75, 3.05) is 6.54 Å². The maximum absolute atomic E-state index is 5.82. The molecule has 4 N–H and O–H groups in total. The van der Waals surface area contributed by atoms with Gasteiger partial charge in [0.25, 0.3) is 0 Å². The van der Waals surface area contributed by atoms with Gasteiger partial charge in [0.2, 0.25) is 0 Å². The van der Waals surface area contributed by atoms with Crippen molar-refractivity contribution in [3.8, 4) is 0 Å². The van der Waals surface area contributed by atoms with Crippen LogP contribution in [0.1, 0.15) is 32.6 Å². The van der Waals surface area contributed by atoms with Crippen molar-refractivity contribution < 1.29 is 0 Å². The smallest absolute Gasteiger partial charge is 0.00387 e. The molecule has 1 fully saturated rings. The first-order valence-electron chi connectivity index (χ1n) is 4.69. The summed E-state index contributed by atoms with van der Waals surface area (Å²) in [4.78, 5) is 0. The zero-order chi connectivity index (χ0) is 8.27. The molecule has 0 bridgehead atoms. The van der Waals surface area contributed by atoms with Crippen LogP contribution in [0.4, 0.5) is 0 Å². The second-order valence-corrected chi connectivity index (χ2v) is 3.88. The molecule has 1 saturated carbocycles. The third-order valence-electron chi connectivity index (χ3n) is 2.97. The molecule has 0 spiro atoms. The van der Waals surface area contributed by atoms with Gasteiger partial charge in [-0.2, -0.15) is 0 Å². The molecule has 66 valence electrons. The van der Waals surface area contributed by atoms with Crippen LogP contribution in [-0.4, -0.2) is 12.6 Å². The van der Waals surface area contributed by atoms with Crippen molar-refractivity contribution in [3.63, 3.8) is 0 Å². The highest BCUT2D eigenvalue weighted by atomic mass is 14.6. The molecule has 0 aromatic carbocycles. The Morgan fingerprint density at radius 1 is 1.27 bits per heavy atom. The van der Waals surface area contributed by atoms with Gasteiger partial charge in [0.05, 0.1) is 0 Å². The Morgan fingerprint density at radius 2 is 1.82 bits per heavy atom. The summed E-state index contributed by atoms with van der Waals surface area (Å²) in [7, 11) is 0. The third kappa shape index (κ3) is 2.46. The molecule has 0 radical (unpaired) electrons. The van der Waals surface area contributed by atoms with E-state index >= 15 is 0 Å². The zero-order valence-corrected chi connectivity index (χ0v) is 7.42. The van der Waals surface area contributed by atoms with E-state index < -0.39 is 0 Å².